The maximum Gasteiger partial charge on any atom is 0.210 e. The van der Waals surface area contributed by atoms with Gasteiger partial charge in [-0.25, -0.2) is 0 Å². The first-order valence-electron chi connectivity index (χ1n) is 7.52. The normalized spacial score (nSPS) is 16.6. The lowest BCUT2D eigenvalue weighted by molar-refractivity contribution is -0.118. The van der Waals surface area contributed by atoms with E-state index >= 15 is 0 Å². The molecule has 21 heavy (non-hydrogen) atoms. The molecule has 3 heteroatoms. The SMILES string of the molecule is O=CN1CCN2c3ccccc3CCc3cccc(c32)C1. The molecule has 2 aliphatic rings. The first kappa shape index (κ1) is 12.5. The number of nitrogens with zero attached hydrogens (tertiary/aromatic N) is 2. The van der Waals surface area contributed by atoms with E-state index in [1.165, 1.54) is 28.1 Å². The predicted octanol–water partition coefficient (Wildman–Crippen LogP) is 2.90. The smallest absolute Gasteiger partial charge is 0.210 e. The molecule has 2 aliphatic heterocycles. The van der Waals surface area contributed by atoms with Gasteiger partial charge in [0, 0.05) is 31.0 Å². The van der Waals surface area contributed by atoms with Gasteiger partial charge in [-0.2, -0.15) is 0 Å². The lowest BCUT2D eigenvalue weighted by Crippen LogP contribution is -2.28. The zero-order valence-electron chi connectivity index (χ0n) is 12.0. The van der Waals surface area contributed by atoms with Crippen molar-refractivity contribution in [1.29, 1.82) is 0 Å². The third-order valence-electron chi connectivity index (χ3n) is 4.55. The van der Waals surface area contributed by atoms with Gasteiger partial charge in [-0.05, 0) is 35.6 Å². The summed E-state index contributed by atoms with van der Waals surface area (Å²) in [7, 11) is 0. The largest absolute Gasteiger partial charge is 0.339 e. The van der Waals surface area contributed by atoms with E-state index in [9.17, 15) is 4.79 Å². The highest BCUT2D eigenvalue weighted by Gasteiger charge is 2.26. The predicted molar refractivity (Wildman–Crippen MR) is 83.8 cm³/mol. The lowest BCUT2D eigenvalue weighted by atomic mass is 10.0. The van der Waals surface area contributed by atoms with Crippen molar-refractivity contribution in [3.63, 3.8) is 0 Å². The van der Waals surface area contributed by atoms with Gasteiger partial charge >= 0.3 is 0 Å². The Morgan fingerprint density at radius 3 is 2.52 bits per heavy atom. The molecule has 106 valence electrons. The number of hydrogen-bond acceptors (Lipinski definition) is 2. The van der Waals surface area contributed by atoms with Gasteiger partial charge in [0.15, 0.2) is 0 Å². The Bertz CT molecular complexity index is 695. The number of carbonyl (C=O) groups excluding carboxylic acids is 1. The molecule has 4 rings (SSSR count). The second-order valence-electron chi connectivity index (χ2n) is 5.78. The van der Waals surface area contributed by atoms with Crippen LogP contribution in [0.2, 0.25) is 0 Å². The van der Waals surface area contributed by atoms with E-state index in [1.54, 1.807) is 0 Å². The van der Waals surface area contributed by atoms with Crippen molar-refractivity contribution < 1.29 is 4.79 Å². The molecule has 2 aromatic rings. The monoisotopic (exact) mass is 278 g/mol. The van der Waals surface area contributed by atoms with Crippen molar-refractivity contribution in [3.05, 3.63) is 59.2 Å². The second kappa shape index (κ2) is 4.92. The number of rotatable bonds is 1. The number of para-hydroxylation sites is 2. The second-order valence-corrected chi connectivity index (χ2v) is 5.78. The van der Waals surface area contributed by atoms with Crippen molar-refractivity contribution >= 4 is 17.8 Å². The Labute approximate surface area is 124 Å². The molecule has 0 fully saturated rings. The van der Waals surface area contributed by atoms with Crippen molar-refractivity contribution in [2.24, 2.45) is 0 Å². The highest BCUT2D eigenvalue weighted by molar-refractivity contribution is 5.74. The minimum Gasteiger partial charge on any atom is -0.339 e. The standard InChI is InChI=1S/C18H18N2O/c21-13-19-10-11-20-17-7-2-1-4-14(17)8-9-15-5-3-6-16(12-19)18(15)20/h1-7,13H,8-12H2. The van der Waals surface area contributed by atoms with E-state index in [2.05, 4.69) is 47.4 Å². The van der Waals surface area contributed by atoms with E-state index in [0.29, 0.717) is 6.54 Å². The number of fused-ring (bicyclic) bond motifs is 2. The molecule has 0 saturated heterocycles. The molecule has 0 aromatic heterocycles. The first-order chi connectivity index (χ1) is 10.4. The molecule has 0 atom stereocenters. The molecule has 2 aromatic carbocycles. The van der Waals surface area contributed by atoms with Crippen LogP contribution in [0.3, 0.4) is 0 Å². The third-order valence-corrected chi connectivity index (χ3v) is 4.55. The van der Waals surface area contributed by atoms with Gasteiger partial charge in [-0.15, -0.1) is 0 Å². The zero-order chi connectivity index (χ0) is 14.2. The fourth-order valence-electron chi connectivity index (χ4n) is 3.54. The highest BCUT2D eigenvalue weighted by atomic mass is 16.1. The molecule has 0 saturated carbocycles. The van der Waals surface area contributed by atoms with Gasteiger partial charge in [0.25, 0.3) is 0 Å². The van der Waals surface area contributed by atoms with Crippen LogP contribution in [0, 0.1) is 0 Å². The molecule has 0 unspecified atom stereocenters. The Hall–Kier alpha value is -2.29. The van der Waals surface area contributed by atoms with Crippen LogP contribution in [0.15, 0.2) is 42.5 Å². The molecular weight excluding hydrogens is 260 g/mol. The summed E-state index contributed by atoms with van der Waals surface area (Å²) in [4.78, 5) is 15.5. The van der Waals surface area contributed by atoms with E-state index in [0.717, 1.165) is 32.3 Å². The minimum absolute atomic E-state index is 0.714. The van der Waals surface area contributed by atoms with Crippen molar-refractivity contribution in [1.82, 2.24) is 4.90 Å². The maximum absolute atomic E-state index is 11.2. The summed E-state index contributed by atoms with van der Waals surface area (Å²) in [5.41, 5.74) is 6.69. The van der Waals surface area contributed by atoms with Crippen LogP contribution in [0.4, 0.5) is 11.4 Å². The summed E-state index contributed by atoms with van der Waals surface area (Å²) in [5, 5.41) is 0. The number of carbonyl (C=O) groups is 1. The molecule has 0 aliphatic carbocycles. The van der Waals surface area contributed by atoms with E-state index in [-0.39, 0.29) is 0 Å². The van der Waals surface area contributed by atoms with Crippen molar-refractivity contribution in [2.75, 3.05) is 18.0 Å². The summed E-state index contributed by atoms with van der Waals surface area (Å²) in [6.45, 7) is 2.34. The Morgan fingerprint density at radius 1 is 0.857 bits per heavy atom. The molecule has 0 spiro atoms. The number of anilines is 2. The highest BCUT2D eigenvalue weighted by Crippen LogP contribution is 2.39. The summed E-state index contributed by atoms with van der Waals surface area (Å²) in [6.07, 6.45) is 3.12. The number of amides is 1. The van der Waals surface area contributed by atoms with Crippen LogP contribution >= 0.6 is 0 Å². The van der Waals surface area contributed by atoms with Gasteiger partial charge in [0.05, 0.1) is 0 Å². The zero-order valence-corrected chi connectivity index (χ0v) is 12.0. The van der Waals surface area contributed by atoms with Crippen molar-refractivity contribution in [2.45, 2.75) is 19.4 Å². The quantitative estimate of drug-likeness (QED) is 0.749. The number of hydrogen-bond donors (Lipinski definition) is 0. The summed E-state index contributed by atoms with van der Waals surface area (Å²) in [6, 6.07) is 15.2. The van der Waals surface area contributed by atoms with Crippen LogP contribution in [0.25, 0.3) is 0 Å². The molecule has 2 heterocycles. The van der Waals surface area contributed by atoms with Gasteiger partial charge < -0.3 is 9.80 Å². The van der Waals surface area contributed by atoms with Gasteiger partial charge in [0.2, 0.25) is 6.41 Å². The third kappa shape index (κ3) is 2.00. The molecule has 3 nitrogen and oxygen atoms in total. The van der Waals surface area contributed by atoms with Crippen LogP contribution < -0.4 is 4.90 Å². The summed E-state index contributed by atoms with van der Waals surface area (Å²) >= 11 is 0. The van der Waals surface area contributed by atoms with Crippen LogP contribution in [-0.4, -0.2) is 24.4 Å². The molecular formula is C18H18N2O. The van der Waals surface area contributed by atoms with Crippen LogP contribution in [0.5, 0.6) is 0 Å². The van der Waals surface area contributed by atoms with E-state index in [4.69, 9.17) is 0 Å². The van der Waals surface area contributed by atoms with Gasteiger partial charge in [-0.1, -0.05) is 36.4 Å². The topological polar surface area (TPSA) is 23.6 Å². The fraction of sp³-hybridized carbons (Fsp3) is 0.278. The molecule has 0 radical (unpaired) electrons. The maximum atomic E-state index is 11.2. The first-order valence-corrected chi connectivity index (χ1v) is 7.52. The van der Waals surface area contributed by atoms with Gasteiger partial charge in [0.1, 0.15) is 0 Å². The number of aryl methyl sites for hydroxylation is 2. The van der Waals surface area contributed by atoms with Crippen LogP contribution in [-0.2, 0) is 24.2 Å². The average Bonchev–Trinajstić information content (AvgIpc) is 2.81. The van der Waals surface area contributed by atoms with Crippen molar-refractivity contribution in [3.8, 4) is 0 Å². The lowest BCUT2D eigenvalue weighted by Gasteiger charge is -2.26. The summed E-state index contributed by atoms with van der Waals surface area (Å²) in [5.74, 6) is 0. The number of benzene rings is 2. The Balaban J connectivity index is 1.92. The average molecular weight is 278 g/mol. The van der Waals surface area contributed by atoms with Crippen LogP contribution in [0.1, 0.15) is 16.7 Å². The molecule has 0 N–H and O–H groups in total. The molecule has 1 amide bonds. The summed E-state index contributed by atoms with van der Waals surface area (Å²) < 4.78 is 0. The Morgan fingerprint density at radius 2 is 1.62 bits per heavy atom. The fourth-order valence-corrected chi connectivity index (χ4v) is 3.54. The van der Waals surface area contributed by atoms with E-state index in [1.807, 2.05) is 4.90 Å². The van der Waals surface area contributed by atoms with Gasteiger partial charge in [-0.3, -0.25) is 4.79 Å². The molecule has 0 bridgehead atoms. The minimum atomic E-state index is 0.714. The Kier molecular flexibility index (Phi) is 2.92. The van der Waals surface area contributed by atoms with E-state index < -0.39 is 0 Å².